The Labute approximate surface area is 81.0 Å². The Kier molecular flexibility index (Phi) is 5.44. The molecule has 2 heteroatoms. The lowest BCUT2D eigenvalue weighted by molar-refractivity contribution is -0.148. The molecule has 0 heterocycles. The Hall–Kier alpha value is -0.790. The number of hydrogen-bond acceptors (Lipinski definition) is 2. The van der Waals surface area contributed by atoms with Gasteiger partial charge in [-0.05, 0) is 27.2 Å². The molecule has 0 saturated heterocycles. The molecule has 0 spiro atoms. The highest BCUT2D eigenvalue weighted by molar-refractivity contribution is 5.82. The number of rotatable bonds is 4. The molecule has 0 aromatic heterocycles. The second-order valence-corrected chi connectivity index (χ2v) is 4.08. The van der Waals surface area contributed by atoms with Crippen LogP contribution in [0.4, 0.5) is 0 Å². The summed E-state index contributed by atoms with van der Waals surface area (Å²) in [6.07, 6.45) is 6.62. The molecular formula is C11H20O2. The van der Waals surface area contributed by atoms with Crippen LogP contribution in [-0.4, -0.2) is 11.6 Å². The van der Waals surface area contributed by atoms with E-state index >= 15 is 0 Å². The molecule has 0 aliphatic heterocycles. The first-order valence-corrected chi connectivity index (χ1v) is 4.85. The molecule has 13 heavy (non-hydrogen) atoms. The van der Waals surface area contributed by atoms with Crippen molar-refractivity contribution >= 4 is 5.97 Å². The predicted octanol–water partition coefficient (Wildman–Crippen LogP) is 3.07. The second-order valence-electron chi connectivity index (χ2n) is 4.08. The third-order valence-electron chi connectivity index (χ3n) is 1.39. The number of hydrogen-bond donors (Lipinski definition) is 0. The van der Waals surface area contributed by atoms with E-state index < -0.39 is 0 Å². The molecule has 0 amide bonds. The maximum atomic E-state index is 11.1. The molecule has 0 aliphatic carbocycles. The van der Waals surface area contributed by atoms with Crippen LogP contribution in [0.1, 0.15) is 47.0 Å². The van der Waals surface area contributed by atoms with E-state index in [9.17, 15) is 4.79 Å². The Morgan fingerprint density at radius 2 is 2.00 bits per heavy atom. The van der Waals surface area contributed by atoms with Gasteiger partial charge in [0.2, 0.25) is 0 Å². The minimum atomic E-state index is -0.383. The van der Waals surface area contributed by atoms with Gasteiger partial charge in [0.15, 0.2) is 0 Å². The average Bonchev–Trinajstić information content (AvgIpc) is 1.94. The summed E-state index contributed by atoms with van der Waals surface area (Å²) in [4.78, 5) is 11.1. The van der Waals surface area contributed by atoms with E-state index in [0.717, 1.165) is 19.3 Å². The topological polar surface area (TPSA) is 26.3 Å². The van der Waals surface area contributed by atoms with E-state index in [1.165, 1.54) is 6.08 Å². The fourth-order valence-electron chi connectivity index (χ4n) is 0.837. The maximum Gasteiger partial charge on any atom is 0.330 e. The van der Waals surface area contributed by atoms with Crippen LogP contribution < -0.4 is 0 Å². The highest BCUT2D eigenvalue weighted by atomic mass is 16.6. The van der Waals surface area contributed by atoms with E-state index in [2.05, 4.69) is 6.92 Å². The molecular weight excluding hydrogens is 164 g/mol. The first-order chi connectivity index (χ1) is 5.95. The zero-order chi connectivity index (χ0) is 10.3. The van der Waals surface area contributed by atoms with E-state index in [1.54, 1.807) is 0 Å². The minimum absolute atomic E-state index is 0.247. The first-order valence-electron chi connectivity index (χ1n) is 4.85. The van der Waals surface area contributed by atoms with Crippen LogP contribution in [0.15, 0.2) is 12.2 Å². The smallest absolute Gasteiger partial charge is 0.330 e. The molecule has 0 saturated carbocycles. The highest BCUT2D eigenvalue weighted by Crippen LogP contribution is 2.07. The molecule has 0 aromatic carbocycles. The summed E-state index contributed by atoms with van der Waals surface area (Å²) in [5.41, 5.74) is -0.383. The zero-order valence-corrected chi connectivity index (χ0v) is 9.09. The van der Waals surface area contributed by atoms with Crippen molar-refractivity contribution in [2.24, 2.45) is 0 Å². The Bertz CT molecular complexity index is 175. The van der Waals surface area contributed by atoms with Gasteiger partial charge in [0.05, 0.1) is 0 Å². The van der Waals surface area contributed by atoms with Crippen molar-refractivity contribution in [3.05, 3.63) is 12.2 Å². The van der Waals surface area contributed by atoms with E-state index in [4.69, 9.17) is 4.74 Å². The van der Waals surface area contributed by atoms with E-state index in [1.807, 2.05) is 26.8 Å². The van der Waals surface area contributed by atoms with Gasteiger partial charge in [0.25, 0.3) is 0 Å². The number of carbonyl (C=O) groups is 1. The quantitative estimate of drug-likeness (QED) is 0.381. The molecule has 0 aliphatic rings. The predicted molar refractivity (Wildman–Crippen MR) is 54.5 cm³/mol. The van der Waals surface area contributed by atoms with Crippen LogP contribution in [0.3, 0.4) is 0 Å². The molecule has 0 rings (SSSR count). The molecule has 0 bridgehead atoms. The third-order valence-corrected chi connectivity index (χ3v) is 1.39. The van der Waals surface area contributed by atoms with Crippen LogP contribution in [-0.2, 0) is 9.53 Å². The van der Waals surface area contributed by atoms with Crippen LogP contribution in [0, 0.1) is 0 Å². The van der Waals surface area contributed by atoms with E-state index in [-0.39, 0.29) is 11.6 Å². The summed E-state index contributed by atoms with van der Waals surface area (Å²) in [7, 11) is 0. The van der Waals surface area contributed by atoms with Crippen molar-refractivity contribution in [2.45, 2.75) is 52.6 Å². The largest absolute Gasteiger partial charge is 0.457 e. The van der Waals surface area contributed by atoms with Gasteiger partial charge in [0, 0.05) is 6.08 Å². The Morgan fingerprint density at radius 1 is 1.38 bits per heavy atom. The number of allylic oxidation sites excluding steroid dienone is 1. The SMILES string of the molecule is CCCCC=CC(=O)OC(C)(C)C. The Morgan fingerprint density at radius 3 is 2.46 bits per heavy atom. The molecule has 76 valence electrons. The normalized spacial score (nSPS) is 12.0. The lowest BCUT2D eigenvalue weighted by Crippen LogP contribution is -2.22. The molecule has 0 fully saturated rings. The second kappa shape index (κ2) is 5.79. The average molecular weight is 184 g/mol. The van der Waals surface area contributed by atoms with Crippen molar-refractivity contribution in [3.63, 3.8) is 0 Å². The lowest BCUT2D eigenvalue weighted by atomic mass is 10.2. The van der Waals surface area contributed by atoms with Crippen LogP contribution in [0.2, 0.25) is 0 Å². The molecule has 2 nitrogen and oxygen atoms in total. The molecule has 0 N–H and O–H groups in total. The van der Waals surface area contributed by atoms with Gasteiger partial charge >= 0.3 is 5.97 Å². The molecule has 0 unspecified atom stereocenters. The highest BCUT2D eigenvalue weighted by Gasteiger charge is 2.13. The maximum absolute atomic E-state index is 11.1. The van der Waals surface area contributed by atoms with Crippen LogP contribution in [0.5, 0.6) is 0 Å². The van der Waals surface area contributed by atoms with Gasteiger partial charge in [-0.1, -0.05) is 25.8 Å². The molecule has 0 aromatic rings. The molecule has 0 radical (unpaired) electrons. The standard InChI is InChI=1S/C11H20O2/c1-5-6-7-8-9-10(12)13-11(2,3)4/h8-9H,5-7H2,1-4H3. The van der Waals surface area contributed by atoms with Gasteiger partial charge < -0.3 is 4.74 Å². The van der Waals surface area contributed by atoms with Gasteiger partial charge in [-0.25, -0.2) is 4.79 Å². The third kappa shape index (κ3) is 9.12. The lowest BCUT2D eigenvalue weighted by Gasteiger charge is -2.17. The van der Waals surface area contributed by atoms with Crippen LogP contribution >= 0.6 is 0 Å². The van der Waals surface area contributed by atoms with Crippen molar-refractivity contribution in [2.75, 3.05) is 0 Å². The summed E-state index contributed by atoms with van der Waals surface area (Å²) in [5, 5.41) is 0. The van der Waals surface area contributed by atoms with Gasteiger partial charge in [0.1, 0.15) is 5.60 Å². The summed E-state index contributed by atoms with van der Waals surface area (Å²) in [6.45, 7) is 7.72. The number of carbonyl (C=O) groups excluding carboxylic acids is 1. The number of esters is 1. The van der Waals surface area contributed by atoms with Crippen molar-refractivity contribution in [3.8, 4) is 0 Å². The summed E-state index contributed by atoms with van der Waals surface area (Å²) in [6, 6.07) is 0. The van der Waals surface area contributed by atoms with Crippen LogP contribution in [0.25, 0.3) is 0 Å². The van der Waals surface area contributed by atoms with Crippen molar-refractivity contribution in [1.29, 1.82) is 0 Å². The summed E-state index contributed by atoms with van der Waals surface area (Å²) in [5.74, 6) is -0.247. The number of unbranched alkanes of at least 4 members (excludes halogenated alkanes) is 2. The Balaban J connectivity index is 3.68. The van der Waals surface area contributed by atoms with Crippen molar-refractivity contribution in [1.82, 2.24) is 0 Å². The summed E-state index contributed by atoms with van der Waals surface area (Å²) >= 11 is 0. The van der Waals surface area contributed by atoms with Gasteiger partial charge in [-0.15, -0.1) is 0 Å². The van der Waals surface area contributed by atoms with Gasteiger partial charge in [-0.3, -0.25) is 0 Å². The first kappa shape index (κ1) is 12.2. The summed E-state index contributed by atoms with van der Waals surface area (Å²) < 4.78 is 5.09. The van der Waals surface area contributed by atoms with Crippen molar-refractivity contribution < 1.29 is 9.53 Å². The fourth-order valence-corrected chi connectivity index (χ4v) is 0.837. The van der Waals surface area contributed by atoms with E-state index in [0.29, 0.717) is 0 Å². The fraction of sp³-hybridized carbons (Fsp3) is 0.727. The monoisotopic (exact) mass is 184 g/mol. The molecule has 0 atom stereocenters. The van der Waals surface area contributed by atoms with Gasteiger partial charge in [-0.2, -0.15) is 0 Å². The zero-order valence-electron chi connectivity index (χ0n) is 9.09. The minimum Gasteiger partial charge on any atom is -0.457 e. The number of ether oxygens (including phenoxy) is 1.